The highest BCUT2D eigenvalue weighted by molar-refractivity contribution is 7.20. The lowest BCUT2D eigenvalue weighted by molar-refractivity contribution is 0.0957. The second kappa shape index (κ2) is 6.96. The summed E-state index contributed by atoms with van der Waals surface area (Å²) in [6, 6.07) is 7.82. The van der Waals surface area contributed by atoms with E-state index in [1.807, 2.05) is 31.2 Å². The van der Waals surface area contributed by atoms with E-state index in [0.29, 0.717) is 40.2 Å². The van der Waals surface area contributed by atoms with E-state index in [4.69, 9.17) is 0 Å². The van der Waals surface area contributed by atoms with Crippen LogP contribution in [0.15, 0.2) is 35.4 Å². The minimum atomic E-state index is -0.186. The van der Waals surface area contributed by atoms with E-state index in [1.165, 1.54) is 17.7 Å². The molecule has 0 aliphatic heterocycles. The lowest BCUT2D eigenvalue weighted by atomic mass is 10.2. The number of H-pyrrole nitrogens is 1. The number of rotatable bonds is 5. The van der Waals surface area contributed by atoms with Gasteiger partial charge in [0.2, 0.25) is 0 Å². The number of carbonyl (C=O) groups is 1. The Hall–Kier alpha value is -3.00. The predicted octanol–water partition coefficient (Wildman–Crippen LogP) is 2.64. The van der Waals surface area contributed by atoms with E-state index in [1.54, 1.807) is 11.5 Å². The van der Waals surface area contributed by atoms with Crippen LogP contribution in [-0.2, 0) is 13.0 Å². The first-order valence-corrected chi connectivity index (χ1v) is 9.60. The highest BCUT2D eigenvalue weighted by Gasteiger charge is 2.19. The van der Waals surface area contributed by atoms with Crippen molar-refractivity contribution >= 4 is 38.5 Å². The molecule has 4 aromatic rings. The summed E-state index contributed by atoms with van der Waals surface area (Å²) in [5.41, 5.74) is 2.49. The molecule has 0 unspecified atom stereocenters. The molecule has 27 heavy (non-hydrogen) atoms. The number of carbonyl (C=O) groups excluding carboxylic acids is 1. The Bertz CT molecular complexity index is 1170. The standard InChI is InChI=1S/C19H19N5O2S/c1-3-24-10-21-18-15(19(24)26)11(2)16(27-18)17(25)20-9-8-14-22-12-6-4-5-7-13(12)23-14/h4-7,10H,3,8-9H2,1-2H3,(H,20,25)(H,22,23). The van der Waals surface area contributed by atoms with Crippen LogP contribution >= 0.6 is 11.3 Å². The molecule has 1 amide bonds. The highest BCUT2D eigenvalue weighted by atomic mass is 32.1. The SMILES string of the molecule is CCn1cnc2sc(C(=O)NCCc3nc4ccccc4[nH]3)c(C)c2c1=O. The van der Waals surface area contributed by atoms with Gasteiger partial charge in [0, 0.05) is 19.5 Å². The van der Waals surface area contributed by atoms with Crippen molar-refractivity contribution in [2.24, 2.45) is 0 Å². The molecule has 1 aromatic carbocycles. The monoisotopic (exact) mass is 381 g/mol. The minimum Gasteiger partial charge on any atom is -0.351 e. The number of nitrogens with one attached hydrogen (secondary N) is 2. The fourth-order valence-electron chi connectivity index (χ4n) is 3.10. The summed E-state index contributed by atoms with van der Waals surface area (Å²) in [4.78, 5) is 38.3. The molecule has 0 aliphatic rings. The number of hydrogen-bond donors (Lipinski definition) is 2. The molecule has 4 rings (SSSR count). The van der Waals surface area contributed by atoms with Gasteiger partial charge in [0.15, 0.2) is 0 Å². The summed E-state index contributed by atoms with van der Waals surface area (Å²) in [5, 5.41) is 3.45. The average molecular weight is 381 g/mol. The van der Waals surface area contributed by atoms with Crippen molar-refractivity contribution in [1.29, 1.82) is 0 Å². The van der Waals surface area contributed by atoms with Gasteiger partial charge in [-0.2, -0.15) is 0 Å². The number of imidazole rings is 1. The van der Waals surface area contributed by atoms with Crippen molar-refractivity contribution in [1.82, 2.24) is 24.8 Å². The number of amides is 1. The maximum Gasteiger partial charge on any atom is 0.262 e. The summed E-state index contributed by atoms with van der Waals surface area (Å²) in [7, 11) is 0. The van der Waals surface area contributed by atoms with Crippen LogP contribution in [0.5, 0.6) is 0 Å². The number of fused-ring (bicyclic) bond motifs is 2. The number of aromatic nitrogens is 4. The minimum absolute atomic E-state index is 0.0995. The molecule has 0 radical (unpaired) electrons. The van der Waals surface area contributed by atoms with Gasteiger partial charge in [-0.1, -0.05) is 12.1 Å². The zero-order valence-electron chi connectivity index (χ0n) is 15.1. The fraction of sp³-hybridized carbons (Fsp3) is 0.263. The van der Waals surface area contributed by atoms with Gasteiger partial charge in [0.25, 0.3) is 11.5 Å². The molecule has 0 bridgehead atoms. The zero-order valence-corrected chi connectivity index (χ0v) is 15.9. The van der Waals surface area contributed by atoms with Crippen LogP contribution in [0, 0.1) is 6.92 Å². The van der Waals surface area contributed by atoms with Gasteiger partial charge < -0.3 is 10.3 Å². The van der Waals surface area contributed by atoms with Crippen LogP contribution in [0.1, 0.15) is 28.0 Å². The van der Waals surface area contributed by atoms with Gasteiger partial charge in [-0.3, -0.25) is 14.2 Å². The van der Waals surface area contributed by atoms with Crippen molar-refractivity contribution in [3.05, 3.63) is 57.2 Å². The van der Waals surface area contributed by atoms with Gasteiger partial charge in [-0.05, 0) is 31.5 Å². The lowest BCUT2D eigenvalue weighted by Gasteiger charge is -2.03. The van der Waals surface area contributed by atoms with Crippen LogP contribution in [0.3, 0.4) is 0 Å². The Morgan fingerprint density at radius 2 is 2.15 bits per heavy atom. The van der Waals surface area contributed by atoms with E-state index in [2.05, 4.69) is 20.3 Å². The second-order valence-electron chi connectivity index (χ2n) is 6.28. The Labute approximate surface area is 159 Å². The van der Waals surface area contributed by atoms with Gasteiger partial charge >= 0.3 is 0 Å². The largest absolute Gasteiger partial charge is 0.351 e. The third kappa shape index (κ3) is 3.12. The summed E-state index contributed by atoms with van der Waals surface area (Å²) in [6.45, 7) is 4.70. The first-order chi connectivity index (χ1) is 13.1. The van der Waals surface area contributed by atoms with Gasteiger partial charge in [0.1, 0.15) is 10.7 Å². The number of nitrogens with zero attached hydrogens (tertiary/aromatic N) is 3. The summed E-state index contributed by atoms with van der Waals surface area (Å²) in [5.74, 6) is 0.645. The highest BCUT2D eigenvalue weighted by Crippen LogP contribution is 2.26. The van der Waals surface area contributed by atoms with Crippen LogP contribution in [0.4, 0.5) is 0 Å². The number of aryl methyl sites for hydroxylation is 2. The predicted molar refractivity (Wildman–Crippen MR) is 106 cm³/mol. The van der Waals surface area contributed by atoms with E-state index in [-0.39, 0.29) is 11.5 Å². The summed E-state index contributed by atoms with van der Waals surface area (Å²) < 4.78 is 1.55. The third-order valence-electron chi connectivity index (χ3n) is 4.55. The lowest BCUT2D eigenvalue weighted by Crippen LogP contribution is -2.26. The number of aromatic amines is 1. The first-order valence-electron chi connectivity index (χ1n) is 8.79. The van der Waals surface area contributed by atoms with E-state index >= 15 is 0 Å². The Morgan fingerprint density at radius 3 is 2.93 bits per heavy atom. The number of para-hydroxylation sites is 2. The molecule has 138 valence electrons. The van der Waals surface area contributed by atoms with Crippen LogP contribution in [0.2, 0.25) is 0 Å². The smallest absolute Gasteiger partial charge is 0.262 e. The number of thiophene rings is 1. The molecule has 0 saturated carbocycles. The fourth-order valence-corrected chi connectivity index (χ4v) is 4.16. The quantitative estimate of drug-likeness (QED) is 0.556. The van der Waals surface area contributed by atoms with Crippen molar-refractivity contribution in [3.63, 3.8) is 0 Å². The molecule has 0 atom stereocenters. The molecule has 0 fully saturated rings. The third-order valence-corrected chi connectivity index (χ3v) is 5.75. The number of hydrogen-bond acceptors (Lipinski definition) is 5. The van der Waals surface area contributed by atoms with Crippen molar-refractivity contribution in [2.75, 3.05) is 6.54 Å². The van der Waals surface area contributed by atoms with Gasteiger partial charge in [-0.15, -0.1) is 11.3 Å². The van der Waals surface area contributed by atoms with Crippen molar-refractivity contribution in [2.45, 2.75) is 26.8 Å². The van der Waals surface area contributed by atoms with Crippen LogP contribution in [0.25, 0.3) is 21.3 Å². The normalized spacial score (nSPS) is 11.3. The molecule has 8 heteroatoms. The number of benzene rings is 1. The Morgan fingerprint density at radius 1 is 1.33 bits per heavy atom. The first kappa shape index (κ1) is 17.4. The molecule has 0 saturated heterocycles. The topological polar surface area (TPSA) is 92.7 Å². The van der Waals surface area contributed by atoms with E-state index in [0.717, 1.165) is 16.9 Å². The molecule has 2 N–H and O–H groups in total. The van der Waals surface area contributed by atoms with E-state index < -0.39 is 0 Å². The Balaban J connectivity index is 1.50. The summed E-state index contributed by atoms with van der Waals surface area (Å²) >= 11 is 1.26. The second-order valence-corrected chi connectivity index (χ2v) is 7.28. The molecule has 3 aromatic heterocycles. The van der Waals surface area contributed by atoms with Crippen LogP contribution in [-0.4, -0.2) is 32.0 Å². The van der Waals surface area contributed by atoms with E-state index in [9.17, 15) is 9.59 Å². The molecular weight excluding hydrogens is 362 g/mol. The maximum absolute atomic E-state index is 12.6. The molecule has 0 aliphatic carbocycles. The van der Waals surface area contributed by atoms with Gasteiger partial charge in [0.05, 0.1) is 27.6 Å². The van der Waals surface area contributed by atoms with Gasteiger partial charge in [-0.25, -0.2) is 9.97 Å². The maximum atomic E-state index is 12.6. The van der Waals surface area contributed by atoms with Crippen molar-refractivity contribution < 1.29 is 4.79 Å². The average Bonchev–Trinajstić information content (AvgIpc) is 3.23. The Kier molecular flexibility index (Phi) is 4.49. The molecule has 3 heterocycles. The molecule has 7 nitrogen and oxygen atoms in total. The summed E-state index contributed by atoms with van der Waals surface area (Å²) in [6.07, 6.45) is 2.13. The van der Waals surface area contributed by atoms with Crippen LogP contribution < -0.4 is 10.9 Å². The van der Waals surface area contributed by atoms with Crippen molar-refractivity contribution in [3.8, 4) is 0 Å². The molecule has 0 spiro atoms. The molecular formula is C19H19N5O2S. The zero-order chi connectivity index (χ0) is 19.0.